The van der Waals surface area contributed by atoms with Crippen molar-refractivity contribution in [1.82, 2.24) is 30.8 Å². The van der Waals surface area contributed by atoms with Crippen molar-refractivity contribution in [1.29, 1.82) is 0 Å². The van der Waals surface area contributed by atoms with Crippen LogP contribution in [0.1, 0.15) is 45.4 Å². The molecule has 2 aromatic rings. The molecule has 0 radical (unpaired) electrons. The van der Waals surface area contributed by atoms with Gasteiger partial charge in [0.05, 0.1) is 10.9 Å². The summed E-state index contributed by atoms with van der Waals surface area (Å²) in [6.45, 7) is 1.74. The molecule has 31 heavy (non-hydrogen) atoms. The van der Waals surface area contributed by atoms with Crippen molar-refractivity contribution in [3.8, 4) is 5.69 Å². The van der Waals surface area contributed by atoms with Gasteiger partial charge in [-0.05, 0) is 97.9 Å². The topological polar surface area (TPSA) is 102 Å². The number of aromatic nitrogens is 4. The Hall–Kier alpha value is -2.13. The normalized spacial score (nSPS) is 29.5. The maximum Gasteiger partial charge on any atom is 0.321 e. The number of carbonyl (C=O) groups is 2. The minimum absolute atomic E-state index is 0.131. The summed E-state index contributed by atoms with van der Waals surface area (Å²) in [5.41, 5.74) is 0.609. The summed E-state index contributed by atoms with van der Waals surface area (Å²) in [4.78, 5) is 25.3. The zero-order valence-corrected chi connectivity index (χ0v) is 18.8. The number of tetrazole rings is 1. The molecular formula is C21H25ClN6O2S. The van der Waals surface area contributed by atoms with Gasteiger partial charge in [0.1, 0.15) is 0 Å². The van der Waals surface area contributed by atoms with Gasteiger partial charge in [-0.25, -0.2) is 4.79 Å². The highest BCUT2D eigenvalue weighted by Crippen LogP contribution is 2.55. The number of carbonyl (C=O) groups excluding carboxylic acids is 2. The van der Waals surface area contributed by atoms with Crippen molar-refractivity contribution >= 4 is 35.3 Å². The minimum Gasteiger partial charge on any atom is -0.332 e. The highest BCUT2D eigenvalue weighted by molar-refractivity contribution is 8.00. The molecule has 4 aliphatic carbocycles. The van der Waals surface area contributed by atoms with Gasteiger partial charge >= 0.3 is 6.03 Å². The molecule has 1 unspecified atom stereocenters. The average molecular weight is 461 g/mol. The lowest BCUT2D eigenvalue weighted by Crippen LogP contribution is -2.62. The number of imide groups is 1. The second-order valence-corrected chi connectivity index (χ2v) is 11.0. The SMILES string of the molecule is CC(Sc1nnnn1-c1ccc(Cl)cc1)C(=O)NC(=O)NC12CC3CC(CC(C3)C1)C2. The molecule has 1 atom stereocenters. The van der Waals surface area contributed by atoms with Gasteiger partial charge in [-0.15, -0.1) is 5.10 Å². The molecule has 4 bridgehead atoms. The van der Waals surface area contributed by atoms with Crippen LogP contribution in [0.15, 0.2) is 29.4 Å². The van der Waals surface area contributed by atoms with E-state index < -0.39 is 11.3 Å². The van der Waals surface area contributed by atoms with E-state index in [1.807, 2.05) is 0 Å². The predicted octanol–water partition coefficient (Wildman–Crippen LogP) is 3.59. The lowest BCUT2D eigenvalue weighted by molar-refractivity contribution is -0.119. The van der Waals surface area contributed by atoms with Crippen LogP contribution in [0.25, 0.3) is 5.69 Å². The molecule has 0 aliphatic heterocycles. The van der Waals surface area contributed by atoms with E-state index in [0.717, 1.165) is 42.7 Å². The molecule has 6 rings (SSSR count). The predicted molar refractivity (Wildman–Crippen MR) is 117 cm³/mol. The Morgan fingerprint density at radius 2 is 1.74 bits per heavy atom. The third kappa shape index (κ3) is 4.30. The highest BCUT2D eigenvalue weighted by Gasteiger charge is 2.51. The van der Waals surface area contributed by atoms with Crippen molar-refractivity contribution in [3.05, 3.63) is 29.3 Å². The maximum absolute atomic E-state index is 12.7. The Kier molecular flexibility index (Phi) is 5.42. The lowest BCUT2D eigenvalue weighted by atomic mass is 9.53. The minimum atomic E-state index is -0.542. The number of hydrogen-bond donors (Lipinski definition) is 2. The molecule has 164 valence electrons. The monoisotopic (exact) mass is 460 g/mol. The van der Waals surface area contributed by atoms with Crippen LogP contribution in [-0.2, 0) is 4.79 Å². The van der Waals surface area contributed by atoms with Crippen molar-refractivity contribution < 1.29 is 9.59 Å². The van der Waals surface area contributed by atoms with Gasteiger partial charge in [-0.2, -0.15) is 4.68 Å². The van der Waals surface area contributed by atoms with Crippen LogP contribution >= 0.6 is 23.4 Å². The van der Waals surface area contributed by atoms with E-state index in [4.69, 9.17) is 11.6 Å². The number of benzene rings is 1. The van der Waals surface area contributed by atoms with Gasteiger partial charge in [-0.1, -0.05) is 23.4 Å². The first kappa shape index (κ1) is 20.8. The Bertz CT molecular complexity index is 959. The number of thioether (sulfide) groups is 1. The van der Waals surface area contributed by atoms with Gasteiger partial charge in [0.25, 0.3) is 0 Å². The first-order valence-electron chi connectivity index (χ1n) is 10.7. The number of hydrogen-bond acceptors (Lipinski definition) is 6. The molecule has 2 N–H and O–H groups in total. The molecule has 10 heteroatoms. The summed E-state index contributed by atoms with van der Waals surface area (Å²) in [5.74, 6) is 1.81. The van der Waals surface area contributed by atoms with Crippen LogP contribution in [-0.4, -0.2) is 42.9 Å². The number of nitrogens with zero attached hydrogens (tertiary/aromatic N) is 4. The zero-order valence-electron chi connectivity index (χ0n) is 17.3. The van der Waals surface area contributed by atoms with E-state index in [2.05, 4.69) is 26.2 Å². The average Bonchev–Trinajstić information content (AvgIpc) is 3.15. The molecule has 1 aromatic carbocycles. The molecule has 0 spiro atoms. The second kappa shape index (κ2) is 8.09. The van der Waals surface area contributed by atoms with Crippen molar-refractivity contribution in [2.45, 2.75) is 61.4 Å². The molecule has 4 saturated carbocycles. The van der Waals surface area contributed by atoms with E-state index in [0.29, 0.717) is 10.2 Å². The molecule has 1 aromatic heterocycles. The first-order valence-corrected chi connectivity index (χ1v) is 12.0. The summed E-state index contributed by atoms with van der Waals surface area (Å²) >= 11 is 7.14. The number of urea groups is 1. The number of amides is 3. The number of rotatable bonds is 5. The van der Waals surface area contributed by atoms with Gasteiger partial charge < -0.3 is 5.32 Å². The summed E-state index contributed by atoms with van der Waals surface area (Å²) in [6, 6.07) is 6.70. The lowest BCUT2D eigenvalue weighted by Gasteiger charge is -2.56. The molecule has 4 fully saturated rings. The van der Waals surface area contributed by atoms with E-state index in [-0.39, 0.29) is 11.4 Å². The van der Waals surface area contributed by atoms with E-state index in [1.165, 1.54) is 31.0 Å². The Balaban J connectivity index is 1.19. The van der Waals surface area contributed by atoms with E-state index in [1.54, 1.807) is 35.9 Å². The van der Waals surface area contributed by atoms with Crippen LogP contribution in [0.2, 0.25) is 5.02 Å². The zero-order chi connectivity index (χ0) is 21.6. The highest BCUT2D eigenvalue weighted by atomic mass is 35.5. The summed E-state index contributed by atoms with van der Waals surface area (Å²) < 4.78 is 1.54. The quantitative estimate of drug-likeness (QED) is 0.661. The van der Waals surface area contributed by atoms with Gasteiger partial charge in [0.15, 0.2) is 0 Å². The summed E-state index contributed by atoms with van der Waals surface area (Å²) in [6.07, 6.45) is 7.04. The fraction of sp³-hybridized carbons (Fsp3) is 0.571. The standard InChI is InChI=1S/C21H25ClN6O2S/c1-12(31-20-25-26-27-28(20)17-4-2-16(22)3-5-17)18(29)23-19(30)24-21-9-13-6-14(10-21)8-15(7-13)11-21/h2-5,12-15H,6-11H2,1H3,(H2,23,24,29,30). The maximum atomic E-state index is 12.7. The van der Waals surface area contributed by atoms with Crippen LogP contribution in [0.3, 0.4) is 0 Å². The molecular weight excluding hydrogens is 436 g/mol. The number of halogens is 1. The van der Waals surface area contributed by atoms with E-state index >= 15 is 0 Å². The van der Waals surface area contributed by atoms with Gasteiger partial charge in [0, 0.05) is 10.6 Å². The third-order valence-electron chi connectivity index (χ3n) is 6.82. The first-order chi connectivity index (χ1) is 14.9. The van der Waals surface area contributed by atoms with Crippen LogP contribution < -0.4 is 10.6 Å². The molecule has 0 saturated heterocycles. The largest absolute Gasteiger partial charge is 0.332 e. The van der Waals surface area contributed by atoms with Crippen molar-refractivity contribution in [2.75, 3.05) is 0 Å². The van der Waals surface area contributed by atoms with E-state index in [9.17, 15) is 9.59 Å². The molecule has 4 aliphatic rings. The third-order valence-corrected chi connectivity index (χ3v) is 8.10. The van der Waals surface area contributed by atoms with Crippen molar-refractivity contribution in [3.63, 3.8) is 0 Å². The molecule has 3 amide bonds. The molecule has 8 nitrogen and oxygen atoms in total. The van der Waals surface area contributed by atoms with Gasteiger partial charge in [0.2, 0.25) is 11.1 Å². The summed E-state index contributed by atoms with van der Waals surface area (Å²) in [5, 5.41) is 18.0. The van der Waals surface area contributed by atoms with Crippen LogP contribution in [0.5, 0.6) is 0 Å². The van der Waals surface area contributed by atoms with Gasteiger partial charge in [-0.3, -0.25) is 10.1 Å². The number of nitrogens with one attached hydrogen (secondary N) is 2. The fourth-order valence-corrected chi connectivity index (χ4v) is 6.89. The Morgan fingerprint density at radius 1 is 1.13 bits per heavy atom. The van der Waals surface area contributed by atoms with Crippen LogP contribution in [0, 0.1) is 17.8 Å². The summed E-state index contributed by atoms with van der Waals surface area (Å²) in [7, 11) is 0. The van der Waals surface area contributed by atoms with Crippen molar-refractivity contribution in [2.24, 2.45) is 17.8 Å². The smallest absolute Gasteiger partial charge is 0.321 e. The Labute approximate surface area is 189 Å². The van der Waals surface area contributed by atoms with Crippen LogP contribution in [0.4, 0.5) is 4.79 Å². The fourth-order valence-electron chi connectivity index (χ4n) is 5.96. The Morgan fingerprint density at radius 3 is 2.35 bits per heavy atom. The molecule has 1 heterocycles. The second-order valence-electron chi connectivity index (χ2n) is 9.25.